The first-order valence-corrected chi connectivity index (χ1v) is 6.17. The molecule has 0 heterocycles. The molecule has 1 aromatic rings. The highest BCUT2D eigenvalue weighted by Gasteiger charge is 2.38. The number of halogens is 3. The zero-order chi connectivity index (χ0) is 15.9. The largest absolute Gasteiger partial charge is 0.415 e. The predicted octanol–water partition coefficient (Wildman–Crippen LogP) is 1.09. The Hall–Kier alpha value is -1.64. The van der Waals surface area contributed by atoms with E-state index in [1.54, 1.807) is 12.1 Å². The third-order valence-corrected chi connectivity index (χ3v) is 2.54. The van der Waals surface area contributed by atoms with Crippen molar-refractivity contribution in [1.82, 2.24) is 10.4 Å². The number of benzene rings is 1. The van der Waals surface area contributed by atoms with Crippen molar-refractivity contribution >= 4 is 5.91 Å². The molecule has 5 nitrogen and oxygen atoms in total. The number of nitrogens with zero attached hydrogens (tertiary/aromatic N) is 1. The molecular formula is C13H17F3N2O3. The monoisotopic (exact) mass is 306 g/mol. The summed E-state index contributed by atoms with van der Waals surface area (Å²) in [6.07, 6.45) is -7.19. The van der Waals surface area contributed by atoms with Crippen molar-refractivity contribution in [3.05, 3.63) is 35.9 Å². The van der Waals surface area contributed by atoms with E-state index in [2.05, 4.69) is 5.48 Å². The van der Waals surface area contributed by atoms with Gasteiger partial charge in [0.1, 0.15) is 0 Å². The molecule has 0 aliphatic heterocycles. The van der Waals surface area contributed by atoms with Gasteiger partial charge in [0.05, 0.1) is 13.2 Å². The third kappa shape index (κ3) is 7.07. The number of carbonyl (C=O) groups excluding carboxylic acids is 1. The first kappa shape index (κ1) is 17.4. The summed E-state index contributed by atoms with van der Waals surface area (Å²) in [7, 11) is 1.30. The Kier molecular flexibility index (Phi) is 6.60. The average Bonchev–Trinajstić information content (AvgIpc) is 2.38. The second-order valence-corrected chi connectivity index (χ2v) is 4.55. The zero-order valence-corrected chi connectivity index (χ0v) is 11.4. The maximum Gasteiger partial charge on any atom is 0.415 e. The lowest BCUT2D eigenvalue weighted by Gasteiger charge is -2.21. The standard InChI is InChI=1S/C13H17F3N2O3/c1-18(7-11(19)13(14,15)16)8-12(20)17-21-9-10-5-3-2-4-6-10/h2-6,11,19H,7-9H2,1H3,(H,17,20). The molecule has 0 saturated heterocycles. The first-order chi connectivity index (χ1) is 9.79. The number of alkyl halides is 3. The van der Waals surface area contributed by atoms with Crippen molar-refractivity contribution in [2.75, 3.05) is 20.1 Å². The van der Waals surface area contributed by atoms with Gasteiger partial charge in [-0.2, -0.15) is 13.2 Å². The molecule has 8 heteroatoms. The lowest BCUT2D eigenvalue weighted by molar-refractivity contribution is -0.207. The van der Waals surface area contributed by atoms with Crippen LogP contribution in [-0.2, 0) is 16.2 Å². The van der Waals surface area contributed by atoms with Crippen LogP contribution in [0.2, 0.25) is 0 Å². The summed E-state index contributed by atoms with van der Waals surface area (Å²) in [6.45, 7) is -0.848. The fourth-order valence-corrected chi connectivity index (χ4v) is 1.51. The second kappa shape index (κ2) is 7.96. The highest BCUT2D eigenvalue weighted by Crippen LogP contribution is 2.20. The lowest BCUT2D eigenvalue weighted by Crippen LogP contribution is -2.43. The topological polar surface area (TPSA) is 61.8 Å². The van der Waals surface area contributed by atoms with Crippen LogP contribution < -0.4 is 5.48 Å². The number of rotatable bonds is 7. The number of aliphatic hydroxyl groups excluding tert-OH is 1. The van der Waals surface area contributed by atoms with Gasteiger partial charge in [0, 0.05) is 6.54 Å². The molecule has 21 heavy (non-hydrogen) atoms. The minimum absolute atomic E-state index is 0.154. The van der Waals surface area contributed by atoms with Gasteiger partial charge in [0.2, 0.25) is 0 Å². The van der Waals surface area contributed by atoms with E-state index in [0.29, 0.717) is 0 Å². The van der Waals surface area contributed by atoms with Crippen molar-refractivity contribution in [2.45, 2.75) is 18.9 Å². The summed E-state index contributed by atoms with van der Waals surface area (Å²) in [5, 5.41) is 8.86. The fourth-order valence-electron chi connectivity index (χ4n) is 1.51. The molecule has 118 valence electrons. The van der Waals surface area contributed by atoms with E-state index in [1.165, 1.54) is 7.05 Å². The summed E-state index contributed by atoms with van der Waals surface area (Å²) >= 11 is 0. The SMILES string of the molecule is CN(CC(=O)NOCc1ccccc1)CC(O)C(F)(F)F. The molecule has 0 aromatic heterocycles. The van der Waals surface area contributed by atoms with Gasteiger partial charge in [-0.3, -0.25) is 14.5 Å². The van der Waals surface area contributed by atoms with Gasteiger partial charge < -0.3 is 5.11 Å². The van der Waals surface area contributed by atoms with Gasteiger partial charge in [-0.1, -0.05) is 30.3 Å². The quantitative estimate of drug-likeness (QED) is 0.740. The van der Waals surface area contributed by atoms with Crippen LogP contribution >= 0.6 is 0 Å². The summed E-state index contributed by atoms with van der Waals surface area (Å²) in [6, 6.07) is 9.07. The van der Waals surface area contributed by atoms with Gasteiger partial charge in [-0.05, 0) is 12.6 Å². The molecule has 0 aliphatic rings. The van der Waals surface area contributed by atoms with Crippen molar-refractivity contribution in [2.24, 2.45) is 0 Å². The Morgan fingerprint density at radius 3 is 2.57 bits per heavy atom. The predicted molar refractivity (Wildman–Crippen MR) is 68.9 cm³/mol. The number of nitrogens with one attached hydrogen (secondary N) is 1. The van der Waals surface area contributed by atoms with E-state index in [9.17, 15) is 18.0 Å². The average molecular weight is 306 g/mol. The number of aliphatic hydroxyl groups is 1. The van der Waals surface area contributed by atoms with Crippen LogP contribution in [0.25, 0.3) is 0 Å². The van der Waals surface area contributed by atoms with Crippen LogP contribution in [-0.4, -0.2) is 48.3 Å². The number of hydroxylamine groups is 1. The van der Waals surface area contributed by atoms with Crippen LogP contribution in [0.3, 0.4) is 0 Å². The van der Waals surface area contributed by atoms with Crippen molar-refractivity contribution < 1.29 is 27.9 Å². The Labute approximate surface area is 120 Å². The molecule has 0 spiro atoms. The molecule has 2 N–H and O–H groups in total. The summed E-state index contributed by atoms with van der Waals surface area (Å²) in [4.78, 5) is 17.4. The molecule has 1 unspecified atom stereocenters. The van der Waals surface area contributed by atoms with E-state index >= 15 is 0 Å². The second-order valence-electron chi connectivity index (χ2n) is 4.55. The Bertz CT molecular complexity index is 440. The number of amides is 1. The maximum atomic E-state index is 12.1. The van der Waals surface area contributed by atoms with Gasteiger partial charge in [0.15, 0.2) is 6.10 Å². The molecule has 1 amide bonds. The highest BCUT2D eigenvalue weighted by atomic mass is 19.4. The van der Waals surface area contributed by atoms with Crippen molar-refractivity contribution in [3.8, 4) is 0 Å². The molecular weight excluding hydrogens is 289 g/mol. The summed E-state index contributed by atoms with van der Waals surface area (Å²) in [5.74, 6) is -0.595. The fraction of sp³-hybridized carbons (Fsp3) is 0.462. The minimum atomic E-state index is -4.70. The van der Waals surface area contributed by atoms with Gasteiger partial charge >= 0.3 is 6.18 Å². The Balaban J connectivity index is 2.24. The summed E-state index contributed by atoms with van der Waals surface area (Å²) in [5.41, 5.74) is 2.98. The molecule has 0 fully saturated rings. The third-order valence-electron chi connectivity index (χ3n) is 2.54. The smallest absolute Gasteiger partial charge is 0.382 e. The Morgan fingerprint density at radius 1 is 1.38 bits per heavy atom. The van der Waals surface area contributed by atoms with Crippen LogP contribution in [0, 0.1) is 0 Å². The van der Waals surface area contributed by atoms with Crippen molar-refractivity contribution in [1.29, 1.82) is 0 Å². The molecule has 1 atom stereocenters. The van der Waals surface area contributed by atoms with Gasteiger partial charge in [0.25, 0.3) is 5.91 Å². The molecule has 0 radical (unpaired) electrons. The zero-order valence-electron chi connectivity index (χ0n) is 11.4. The van der Waals surface area contributed by atoms with E-state index in [4.69, 9.17) is 9.94 Å². The minimum Gasteiger partial charge on any atom is -0.382 e. The van der Waals surface area contributed by atoms with Crippen LogP contribution in [0.4, 0.5) is 13.2 Å². The van der Waals surface area contributed by atoms with Crippen LogP contribution in [0.5, 0.6) is 0 Å². The number of hydrogen-bond donors (Lipinski definition) is 2. The first-order valence-electron chi connectivity index (χ1n) is 6.17. The molecule has 1 rings (SSSR count). The van der Waals surface area contributed by atoms with Crippen molar-refractivity contribution in [3.63, 3.8) is 0 Å². The van der Waals surface area contributed by atoms with Crippen LogP contribution in [0.15, 0.2) is 30.3 Å². The van der Waals surface area contributed by atoms with Gasteiger partial charge in [-0.25, -0.2) is 5.48 Å². The van der Waals surface area contributed by atoms with Crippen LogP contribution in [0.1, 0.15) is 5.56 Å². The summed E-state index contributed by atoms with van der Waals surface area (Å²) < 4.78 is 36.4. The maximum absolute atomic E-state index is 12.1. The molecule has 0 bridgehead atoms. The number of carbonyl (C=O) groups is 1. The highest BCUT2D eigenvalue weighted by molar-refractivity contribution is 5.76. The van der Waals surface area contributed by atoms with E-state index < -0.39 is 24.7 Å². The normalized spacial score (nSPS) is 13.2. The molecule has 0 aliphatic carbocycles. The number of hydrogen-bond acceptors (Lipinski definition) is 4. The van der Waals surface area contributed by atoms with E-state index in [0.717, 1.165) is 10.5 Å². The van der Waals surface area contributed by atoms with E-state index in [-0.39, 0.29) is 13.2 Å². The lowest BCUT2D eigenvalue weighted by atomic mass is 10.2. The number of likely N-dealkylation sites (N-methyl/N-ethyl adjacent to an activating group) is 1. The Morgan fingerprint density at radius 2 is 2.00 bits per heavy atom. The molecule has 0 saturated carbocycles. The molecule has 1 aromatic carbocycles. The van der Waals surface area contributed by atoms with Gasteiger partial charge in [-0.15, -0.1) is 0 Å². The van der Waals surface area contributed by atoms with E-state index in [1.807, 2.05) is 18.2 Å².